The summed E-state index contributed by atoms with van der Waals surface area (Å²) in [6, 6.07) is 0. The van der Waals surface area contributed by atoms with E-state index in [0.29, 0.717) is 5.56 Å². The maximum atomic E-state index is 12.0. The fraction of sp³-hybridized carbons (Fsp3) is 0.636. The number of aliphatic hydroxyl groups excluding tert-OH is 1. The molecule has 0 aromatic carbocycles. The average molecular weight is 223 g/mol. The monoisotopic (exact) mass is 223 g/mol. The van der Waals surface area contributed by atoms with Crippen molar-refractivity contribution in [2.45, 2.75) is 31.7 Å². The third kappa shape index (κ3) is 1.71. The van der Waals surface area contributed by atoms with Crippen LogP contribution < -0.4 is 5.32 Å². The number of aliphatic hydroxyl groups is 1. The van der Waals surface area contributed by atoms with E-state index in [2.05, 4.69) is 10.4 Å². The van der Waals surface area contributed by atoms with Crippen LogP contribution in [0.2, 0.25) is 0 Å². The highest BCUT2D eigenvalue weighted by Gasteiger charge is 2.38. The summed E-state index contributed by atoms with van der Waals surface area (Å²) < 4.78 is 1.67. The van der Waals surface area contributed by atoms with Gasteiger partial charge in [-0.3, -0.25) is 9.48 Å². The standard InChI is InChI=1S/C11H17N3O2/c1-8-9(6-12-14(8)2)10(16)13-11(7-15)4-3-5-11/h6,15H,3-5,7H2,1-2H3,(H,13,16). The number of hydrogen-bond donors (Lipinski definition) is 2. The van der Waals surface area contributed by atoms with E-state index in [-0.39, 0.29) is 18.1 Å². The summed E-state index contributed by atoms with van der Waals surface area (Å²) in [5.74, 6) is -0.139. The van der Waals surface area contributed by atoms with Crippen LogP contribution in [0.3, 0.4) is 0 Å². The van der Waals surface area contributed by atoms with Gasteiger partial charge in [0.2, 0.25) is 0 Å². The molecule has 1 aromatic heterocycles. The van der Waals surface area contributed by atoms with Crippen molar-refractivity contribution in [3.05, 3.63) is 17.5 Å². The predicted octanol–water partition coefficient (Wildman–Crippen LogP) is 0.373. The molecule has 1 aliphatic rings. The molecule has 5 nitrogen and oxygen atoms in total. The van der Waals surface area contributed by atoms with Crippen molar-refractivity contribution in [1.82, 2.24) is 15.1 Å². The number of carbonyl (C=O) groups excluding carboxylic acids is 1. The summed E-state index contributed by atoms with van der Waals surface area (Å²) in [6.07, 6.45) is 4.34. The lowest BCUT2D eigenvalue weighted by Gasteiger charge is -2.40. The van der Waals surface area contributed by atoms with Gasteiger partial charge in [0.1, 0.15) is 0 Å². The van der Waals surface area contributed by atoms with Gasteiger partial charge in [-0.15, -0.1) is 0 Å². The van der Waals surface area contributed by atoms with E-state index in [0.717, 1.165) is 25.0 Å². The van der Waals surface area contributed by atoms with Gasteiger partial charge in [0.25, 0.3) is 5.91 Å². The highest BCUT2D eigenvalue weighted by atomic mass is 16.3. The van der Waals surface area contributed by atoms with E-state index in [9.17, 15) is 9.90 Å². The summed E-state index contributed by atoms with van der Waals surface area (Å²) in [6.45, 7) is 1.87. The van der Waals surface area contributed by atoms with Crippen LogP contribution in [0.1, 0.15) is 35.3 Å². The SMILES string of the molecule is Cc1c(C(=O)NC2(CO)CCC2)cnn1C. The molecule has 2 N–H and O–H groups in total. The number of hydrogen-bond acceptors (Lipinski definition) is 3. The largest absolute Gasteiger partial charge is 0.394 e. The van der Waals surface area contributed by atoms with Crippen molar-refractivity contribution in [1.29, 1.82) is 0 Å². The van der Waals surface area contributed by atoms with Gasteiger partial charge in [-0.1, -0.05) is 0 Å². The summed E-state index contributed by atoms with van der Waals surface area (Å²) in [7, 11) is 1.80. The molecule has 0 aliphatic heterocycles. The Morgan fingerprint density at radius 1 is 1.69 bits per heavy atom. The van der Waals surface area contributed by atoms with Crippen molar-refractivity contribution in [2.75, 3.05) is 6.61 Å². The Morgan fingerprint density at radius 2 is 2.38 bits per heavy atom. The second-order valence-corrected chi connectivity index (χ2v) is 4.51. The topological polar surface area (TPSA) is 67.2 Å². The Labute approximate surface area is 94.5 Å². The first-order chi connectivity index (χ1) is 7.58. The molecule has 0 unspecified atom stereocenters. The number of amides is 1. The maximum absolute atomic E-state index is 12.0. The second kappa shape index (κ2) is 3.90. The second-order valence-electron chi connectivity index (χ2n) is 4.51. The molecule has 16 heavy (non-hydrogen) atoms. The first-order valence-electron chi connectivity index (χ1n) is 5.50. The smallest absolute Gasteiger partial charge is 0.255 e. The van der Waals surface area contributed by atoms with Gasteiger partial charge < -0.3 is 10.4 Å². The molecule has 1 fully saturated rings. The fourth-order valence-corrected chi connectivity index (χ4v) is 1.96. The lowest BCUT2D eigenvalue weighted by atomic mass is 9.77. The average Bonchev–Trinajstić information content (AvgIpc) is 2.54. The summed E-state index contributed by atoms with van der Waals surface area (Å²) in [5.41, 5.74) is 1.03. The van der Waals surface area contributed by atoms with E-state index >= 15 is 0 Å². The normalized spacial score (nSPS) is 17.9. The van der Waals surface area contributed by atoms with Gasteiger partial charge >= 0.3 is 0 Å². The minimum Gasteiger partial charge on any atom is -0.394 e. The van der Waals surface area contributed by atoms with Crippen molar-refractivity contribution < 1.29 is 9.90 Å². The fourth-order valence-electron chi connectivity index (χ4n) is 1.96. The molecule has 0 spiro atoms. The first-order valence-corrected chi connectivity index (χ1v) is 5.50. The number of aromatic nitrogens is 2. The molecule has 0 saturated heterocycles. The lowest BCUT2D eigenvalue weighted by Crippen LogP contribution is -2.56. The van der Waals surface area contributed by atoms with Crippen LogP contribution in [-0.4, -0.2) is 32.9 Å². The zero-order valence-corrected chi connectivity index (χ0v) is 9.66. The first kappa shape index (κ1) is 11.1. The van der Waals surface area contributed by atoms with Crippen molar-refractivity contribution in [3.63, 3.8) is 0 Å². The molecule has 88 valence electrons. The number of nitrogens with one attached hydrogen (secondary N) is 1. The van der Waals surface area contributed by atoms with Crippen molar-refractivity contribution in [3.8, 4) is 0 Å². The van der Waals surface area contributed by atoms with Crippen LogP contribution in [0.4, 0.5) is 0 Å². The van der Waals surface area contributed by atoms with Gasteiger partial charge in [0.15, 0.2) is 0 Å². The molecule has 1 aliphatic carbocycles. The quantitative estimate of drug-likeness (QED) is 0.778. The zero-order chi connectivity index (χ0) is 11.8. The third-order valence-electron chi connectivity index (χ3n) is 3.47. The molecular formula is C11H17N3O2. The minimum absolute atomic E-state index is 0.0120. The zero-order valence-electron chi connectivity index (χ0n) is 9.66. The molecule has 0 bridgehead atoms. The van der Waals surface area contributed by atoms with E-state index < -0.39 is 0 Å². The van der Waals surface area contributed by atoms with E-state index in [1.165, 1.54) is 0 Å². The van der Waals surface area contributed by atoms with Crippen LogP contribution >= 0.6 is 0 Å². The van der Waals surface area contributed by atoms with Crippen LogP contribution in [0.15, 0.2) is 6.20 Å². The Balaban J connectivity index is 2.11. The van der Waals surface area contributed by atoms with Crippen molar-refractivity contribution in [2.24, 2.45) is 7.05 Å². The molecular weight excluding hydrogens is 206 g/mol. The molecule has 5 heteroatoms. The molecule has 1 heterocycles. The van der Waals surface area contributed by atoms with Gasteiger partial charge in [0.05, 0.1) is 23.9 Å². The Morgan fingerprint density at radius 3 is 2.75 bits per heavy atom. The summed E-state index contributed by atoms with van der Waals surface area (Å²) in [5, 5.41) is 16.2. The molecule has 2 rings (SSSR count). The number of aryl methyl sites for hydroxylation is 1. The number of rotatable bonds is 3. The van der Waals surface area contributed by atoms with Crippen LogP contribution in [0, 0.1) is 6.92 Å². The Hall–Kier alpha value is -1.36. The molecule has 1 amide bonds. The third-order valence-corrected chi connectivity index (χ3v) is 3.47. The van der Waals surface area contributed by atoms with Crippen LogP contribution in [0.5, 0.6) is 0 Å². The highest BCUT2D eigenvalue weighted by Crippen LogP contribution is 2.31. The number of carbonyl (C=O) groups is 1. The summed E-state index contributed by atoms with van der Waals surface area (Å²) in [4.78, 5) is 12.0. The Bertz CT molecular complexity index is 402. The maximum Gasteiger partial charge on any atom is 0.255 e. The molecule has 0 radical (unpaired) electrons. The van der Waals surface area contributed by atoms with Crippen LogP contribution in [-0.2, 0) is 7.05 Å². The number of nitrogens with zero attached hydrogens (tertiary/aromatic N) is 2. The highest BCUT2D eigenvalue weighted by molar-refractivity contribution is 5.95. The van der Waals surface area contributed by atoms with Crippen LogP contribution in [0.25, 0.3) is 0 Å². The minimum atomic E-state index is -0.390. The van der Waals surface area contributed by atoms with Gasteiger partial charge in [-0.25, -0.2) is 0 Å². The lowest BCUT2D eigenvalue weighted by molar-refractivity contribution is 0.0641. The molecule has 1 saturated carbocycles. The Kier molecular flexibility index (Phi) is 2.71. The van der Waals surface area contributed by atoms with Crippen molar-refractivity contribution >= 4 is 5.91 Å². The summed E-state index contributed by atoms with van der Waals surface area (Å²) >= 11 is 0. The van der Waals surface area contributed by atoms with Gasteiger partial charge in [-0.05, 0) is 26.2 Å². The van der Waals surface area contributed by atoms with Gasteiger partial charge in [0, 0.05) is 12.7 Å². The van der Waals surface area contributed by atoms with E-state index in [1.807, 2.05) is 6.92 Å². The van der Waals surface area contributed by atoms with E-state index in [4.69, 9.17) is 0 Å². The van der Waals surface area contributed by atoms with E-state index in [1.54, 1.807) is 17.9 Å². The molecule has 1 aromatic rings. The predicted molar refractivity (Wildman–Crippen MR) is 59.1 cm³/mol. The van der Waals surface area contributed by atoms with Gasteiger partial charge in [-0.2, -0.15) is 5.10 Å². The molecule has 0 atom stereocenters.